The molecule has 140 valence electrons. The van der Waals surface area contributed by atoms with Gasteiger partial charge in [0.25, 0.3) is 0 Å². The van der Waals surface area contributed by atoms with Crippen LogP contribution in [0.2, 0.25) is 0 Å². The second kappa shape index (κ2) is 8.29. The molecule has 6 nitrogen and oxygen atoms in total. The summed E-state index contributed by atoms with van der Waals surface area (Å²) in [5.41, 5.74) is 0.617. The topological polar surface area (TPSA) is 66.9 Å². The normalized spacial score (nSPS) is 11.4. The molecule has 2 rings (SSSR count). The van der Waals surface area contributed by atoms with Crippen molar-refractivity contribution in [2.75, 3.05) is 32.1 Å². The van der Waals surface area contributed by atoms with E-state index in [-0.39, 0.29) is 23.9 Å². The molecular weight excluding hydrogens is 359 g/mol. The Morgan fingerprint density at radius 2 is 1.65 bits per heavy atom. The number of hydrogen-bond donors (Lipinski definition) is 0. The Morgan fingerprint density at radius 3 is 2.15 bits per heavy atom. The average molecular weight is 380 g/mol. The maximum Gasteiger partial charge on any atom is 0.243 e. The molecule has 2 aromatic carbocycles. The number of carbonyl (C=O) groups is 1. The highest BCUT2D eigenvalue weighted by Crippen LogP contribution is 2.20. The summed E-state index contributed by atoms with van der Waals surface area (Å²) in [7, 11) is -0.773. The van der Waals surface area contributed by atoms with Crippen molar-refractivity contribution in [3.05, 3.63) is 54.3 Å². The monoisotopic (exact) mass is 380 g/mol. The van der Waals surface area contributed by atoms with Crippen LogP contribution in [0.4, 0.5) is 10.1 Å². The van der Waals surface area contributed by atoms with E-state index in [0.717, 1.165) is 16.4 Å². The van der Waals surface area contributed by atoms with Crippen molar-refractivity contribution < 1.29 is 22.3 Å². The van der Waals surface area contributed by atoms with Gasteiger partial charge in [0.1, 0.15) is 11.6 Å². The van der Waals surface area contributed by atoms with Gasteiger partial charge in [-0.15, -0.1) is 0 Å². The van der Waals surface area contributed by atoms with E-state index in [0.29, 0.717) is 11.4 Å². The maximum atomic E-state index is 13.0. The van der Waals surface area contributed by atoms with Gasteiger partial charge in [-0.3, -0.25) is 4.79 Å². The summed E-state index contributed by atoms with van der Waals surface area (Å²) in [4.78, 5) is 13.9. The molecule has 0 aromatic heterocycles. The predicted octanol–water partition coefficient (Wildman–Crippen LogP) is 2.51. The van der Waals surface area contributed by atoms with E-state index in [2.05, 4.69) is 0 Å². The number of sulfonamides is 1. The zero-order valence-corrected chi connectivity index (χ0v) is 15.7. The number of rotatable bonds is 7. The van der Waals surface area contributed by atoms with Crippen molar-refractivity contribution >= 4 is 21.6 Å². The van der Waals surface area contributed by atoms with Crippen LogP contribution in [-0.2, 0) is 14.8 Å². The van der Waals surface area contributed by atoms with Gasteiger partial charge in [0.05, 0.1) is 18.6 Å². The number of anilines is 1. The highest BCUT2D eigenvalue weighted by atomic mass is 32.2. The fraction of sp³-hybridized carbons (Fsp3) is 0.278. The molecule has 0 bridgehead atoms. The van der Waals surface area contributed by atoms with Crippen molar-refractivity contribution in [3.8, 4) is 5.75 Å². The second-order valence-electron chi connectivity index (χ2n) is 5.54. The smallest absolute Gasteiger partial charge is 0.243 e. The van der Waals surface area contributed by atoms with Crippen molar-refractivity contribution in [1.29, 1.82) is 0 Å². The Kier molecular flexibility index (Phi) is 6.33. The molecule has 0 heterocycles. The molecule has 0 fully saturated rings. The molecule has 2 aromatic rings. The number of carbonyl (C=O) groups excluding carboxylic acids is 1. The summed E-state index contributed by atoms with van der Waals surface area (Å²) >= 11 is 0. The van der Waals surface area contributed by atoms with Gasteiger partial charge in [0.2, 0.25) is 15.9 Å². The molecule has 0 saturated carbocycles. The molecule has 0 spiro atoms. The van der Waals surface area contributed by atoms with E-state index in [4.69, 9.17) is 4.74 Å². The van der Waals surface area contributed by atoms with E-state index >= 15 is 0 Å². The lowest BCUT2D eigenvalue weighted by molar-refractivity contribution is -0.118. The summed E-state index contributed by atoms with van der Waals surface area (Å²) in [5.74, 6) is -0.256. The highest BCUT2D eigenvalue weighted by molar-refractivity contribution is 7.89. The van der Waals surface area contributed by atoms with Crippen LogP contribution in [-0.4, -0.2) is 45.9 Å². The fourth-order valence-corrected chi connectivity index (χ4v) is 3.73. The summed E-state index contributed by atoms with van der Waals surface area (Å²) in [6.07, 6.45) is 0. The van der Waals surface area contributed by atoms with Crippen LogP contribution in [0.1, 0.15) is 6.92 Å². The van der Waals surface area contributed by atoms with Gasteiger partial charge < -0.3 is 9.64 Å². The third kappa shape index (κ3) is 4.39. The number of likely N-dealkylation sites (N-methyl/N-ethyl adjacent to an activating group) is 2. The lowest BCUT2D eigenvalue weighted by atomic mass is 10.3. The average Bonchev–Trinajstić information content (AvgIpc) is 2.65. The quantitative estimate of drug-likeness (QED) is 0.740. The van der Waals surface area contributed by atoms with Gasteiger partial charge in [-0.1, -0.05) is 6.92 Å². The molecule has 8 heteroatoms. The minimum Gasteiger partial charge on any atom is -0.497 e. The van der Waals surface area contributed by atoms with E-state index < -0.39 is 15.8 Å². The highest BCUT2D eigenvalue weighted by Gasteiger charge is 2.26. The summed E-state index contributed by atoms with van der Waals surface area (Å²) in [6, 6.07) is 11.4. The molecule has 0 aliphatic carbocycles. The van der Waals surface area contributed by atoms with Crippen molar-refractivity contribution in [2.24, 2.45) is 0 Å². The van der Waals surface area contributed by atoms with Crippen molar-refractivity contribution in [3.63, 3.8) is 0 Å². The molecule has 0 unspecified atom stereocenters. The van der Waals surface area contributed by atoms with Crippen LogP contribution in [0.25, 0.3) is 0 Å². The fourth-order valence-electron chi connectivity index (χ4n) is 2.33. The third-order valence-electron chi connectivity index (χ3n) is 3.95. The zero-order chi connectivity index (χ0) is 19.3. The molecule has 26 heavy (non-hydrogen) atoms. The molecule has 0 aliphatic rings. The number of halogens is 1. The SMILES string of the molecule is CCN(CC(=O)N(C)c1ccc(OC)cc1)S(=O)(=O)c1ccc(F)cc1. The van der Waals surface area contributed by atoms with Crippen LogP contribution in [0, 0.1) is 5.82 Å². The number of methoxy groups -OCH3 is 1. The summed E-state index contributed by atoms with van der Waals surface area (Å²) in [6.45, 7) is 1.43. The first-order chi connectivity index (χ1) is 12.3. The lowest BCUT2D eigenvalue weighted by Gasteiger charge is -2.24. The van der Waals surface area contributed by atoms with Crippen LogP contribution in [0.3, 0.4) is 0 Å². The van der Waals surface area contributed by atoms with Gasteiger partial charge in [-0.05, 0) is 48.5 Å². The number of amides is 1. The van der Waals surface area contributed by atoms with Gasteiger partial charge in [0, 0.05) is 19.3 Å². The number of hydrogen-bond acceptors (Lipinski definition) is 4. The largest absolute Gasteiger partial charge is 0.497 e. The predicted molar refractivity (Wildman–Crippen MR) is 97.2 cm³/mol. The Hall–Kier alpha value is -2.45. The molecular formula is C18H21FN2O4S. The standard InChI is InChI=1S/C18H21FN2O4S/c1-4-21(26(23,24)17-11-5-14(19)6-12-17)13-18(22)20(2)15-7-9-16(25-3)10-8-15/h5-12H,4,13H2,1-3H3. The first-order valence-electron chi connectivity index (χ1n) is 7.96. The lowest BCUT2D eigenvalue weighted by Crippen LogP contribution is -2.41. The Bertz CT molecular complexity index is 852. The van der Waals surface area contributed by atoms with Gasteiger partial charge in [0.15, 0.2) is 0 Å². The maximum absolute atomic E-state index is 13.0. The summed E-state index contributed by atoms with van der Waals surface area (Å²) < 4.78 is 44.5. The van der Waals surface area contributed by atoms with Crippen LogP contribution >= 0.6 is 0 Å². The van der Waals surface area contributed by atoms with Gasteiger partial charge in [-0.2, -0.15) is 4.31 Å². The molecule has 0 atom stereocenters. The number of nitrogens with zero attached hydrogens (tertiary/aromatic N) is 2. The molecule has 0 N–H and O–H groups in total. The second-order valence-corrected chi connectivity index (χ2v) is 7.47. The van der Waals surface area contributed by atoms with Crippen LogP contribution in [0.15, 0.2) is 53.4 Å². The van der Waals surface area contributed by atoms with Gasteiger partial charge in [-0.25, -0.2) is 12.8 Å². The van der Waals surface area contributed by atoms with E-state index in [1.807, 2.05) is 0 Å². The minimum atomic E-state index is -3.89. The molecule has 0 saturated heterocycles. The number of benzene rings is 2. The minimum absolute atomic E-state index is 0.0550. The molecule has 0 radical (unpaired) electrons. The Morgan fingerprint density at radius 1 is 1.08 bits per heavy atom. The van der Waals surface area contributed by atoms with E-state index in [9.17, 15) is 17.6 Å². The summed E-state index contributed by atoms with van der Waals surface area (Å²) in [5, 5.41) is 0. The Labute approximate surface area is 152 Å². The van der Waals surface area contributed by atoms with Crippen molar-refractivity contribution in [1.82, 2.24) is 4.31 Å². The van der Waals surface area contributed by atoms with E-state index in [1.54, 1.807) is 45.3 Å². The first-order valence-corrected chi connectivity index (χ1v) is 9.40. The van der Waals surface area contributed by atoms with Crippen LogP contribution in [0.5, 0.6) is 5.75 Å². The van der Waals surface area contributed by atoms with Crippen LogP contribution < -0.4 is 9.64 Å². The van der Waals surface area contributed by atoms with Gasteiger partial charge >= 0.3 is 0 Å². The molecule has 0 aliphatic heterocycles. The Balaban J connectivity index is 2.17. The number of ether oxygens (including phenoxy) is 1. The first kappa shape index (κ1) is 19.9. The molecule has 1 amide bonds. The van der Waals surface area contributed by atoms with Crippen molar-refractivity contribution in [2.45, 2.75) is 11.8 Å². The third-order valence-corrected chi connectivity index (χ3v) is 5.88. The zero-order valence-electron chi connectivity index (χ0n) is 14.8. The van der Waals surface area contributed by atoms with E-state index in [1.165, 1.54) is 17.0 Å².